The number of hydrogen-bond acceptors (Lipinski definition) is 4. The van der Waals surface area contributed by atoms with Crippen molar-refractivity contribution in [3.8, 4) is 11.1 Å². The summed E-state index contributed by atoms with van der Waals surface area (Å²) in [4.78, 5) is 16.3. The van der Waals surface area contributed by atoms with Gasteiger partial charge in [-0.05, 0) is 56.0 Å². The van der Waals surface area contributed by atoms with Gasteiger partial charge in [0.05, 0.1) is 5.69 Å². The molecule has 0 bridgehead atoms. The molecule has 1 aliphatic rings. The maximum absolute atomic E-state index is 11.3. The Morgan fingerprint density at radius 2 is 1.73 bits per heavy atom. The number of hydrogen-bond donors (Lipinski definition) is 2. The molecule has 2 heterocycles. The molecule has 6 nitrogen and oxygen atoms in total. The lowest BCUT2D eigenvalue weighted by Crippen LogP contribution is -2.08. The SMILES string of the molecule is CC(=O)Nc1ccc(Nc2c3c(nc4c(-c5ccccc5)c(C)nn24)CCC3)cc1. The summed E-state index contributed by atoms with van der Waals surface area (Å²) in [5.74, 6) is 0.898. The third-order valence-electron chi connectivity index (χ3n) is 5.49. The van der Waals surface area contributed by atoms with Crippen LogP contribution in [-0.4, -0.2) is 20.5 Å². The summed E-state index contributed by atoms with van der Waals surface area (Å²) in [5, 5.41) is 11.2. The first-order valence-corrected chi connectivity index (χ1v) is 10.2. The Kier molecular flexibility index (Phi) is 4.47. The Morgan fingerprint density at radius 3 is 2.47 bits per heavy atom. The second-order valence-electron chi connectivity index (χ2n) is 7.68. The van der Waals surface area contributed by atoms with Crippen molar-refractivity contribution in [2.24, 2.45) is 0 Å². The van der Waals surface area contributed by atoms with Gasteiger partial charge in [-0.1, -0.05) is 30.3 Å². The highest BCUT2D eigenvalue weighted by molar-refractivity contribution is 5.89. The van der Waals surface area contributed by atoms with Gasteiger partial charge in [0.2, 0.25) is 5.91 Å². The molecule has 2 aromatic heterocycles. The number of rotatable bonds is 4. The van der Waals surface area contributed by atoms with Crippen molar-refractivity contribution in [1.29, 1.82) is 0 Å². The molecule has 0 saturated carbocycles. The molecule has 150 valence electrons. The highest BCUT2D eigenvalue weighted by Crippen LogP contribution is 2.35. The monoisotopic (exact) mass is 397 g/mol. The van der Waals surface area contributed by atoms with Crippen LogP contribution >= 0.6 is 0 Å². The first kappa shape index (κ1) is 18.4. The molecule has 5 rings (SSSR count). The molecule has 0 radical (unpaired) electrons. The van der Waals surface area contributed by atoms with Crippen molar-refractivity contribution < 1.29 is 4.79 Å². The summed E-state index contributed by atoms with van der Waals surface area (Å²) in [7, 11) is 0. The maximum Gasteiger partial charge on any atom is 0.221 e. The van der Waals surface area contributed by atoms with E-state index in [2.05, 4.69) is 22.8 Å². The van der Waals surface area contributed by atoms with Gasteiger partial charge in [0.25, 0.3) is 0 Å². The lowest BCUT2D eigenvalue weighted by molar-refractivity contribution is -0.114. The standard InChI is InChI=1S/C24H23N5O/c1-15-22(17-7-4-3-5-8-17)24-27-21-10-6-9-20(21)23(29(24)28-15)26-19-13-11-18(12-14-19)25-16(2)30/h3-5,7-8,11-14,26H,6,9-10H2,1-2H3,(H,25,30). The van der Waals surface area contributed by atoms with Gasteiger partial charge < -0.3 is 10.6 Å². The molecule has 0 fully saturated rings. The van der Waals surface area contributed by atoms with E-state index in [0.717, 1.165) is 64.6 Å². The quantitative estimate of drug-likeness (QED) is 0.514. The fourth-order valence-electron chi connectivity index (χ4n) is 4.18. The molecule has 2 aromatic carbocycles. The highest BCUT2D eigenvalue weighted by atomic mass is 16.1. The van der Waals surface area contributed by atoms with Crippen molar-refractivity contribution in [1.82, 2.24) is 14.6 Å². The molecule has 0 aliphatic heterocycles. The topological polar surface area (TPSA) is 71.3 Å². The van der Waals surface area contributed by atoms with Crippen LogP contribution in [0.2, 0.25) is 0 Å². The molecule has 0 spiro atoms. The third kappa shape index (κ3) is 3.20. The first-order chi connectivity index (χ1) is 14.6. The van der Waals surface area contributed by atoms with Crippen molar-refractivity contribution in [2.45, 2.75) is 33.1 Å². The third-order valence-corrected chi connectivity index (χ3v) is 5.49. The zero-order valence-corrected chi connectivity index (χ0v) is 17.1. The molecule has 30 heavy (non-hydrogen) atoms. The van der Waals surface area contributed by atoms with Crippen LogP contribution in [0.3, 0.4) is 0 Å². The lowest BCUT2D eigenvalue weighted by atomic mass is 10.1. The van der Waals surface area contributed by atoms with Gasteiger partial charge in [-0.3, -0.25) is 4.79 Å². The van der Waals surface area contributed by atoms with Gasteiger partial charge in [-0.2, -0.15) is 9.61 Å². The van der Waals surface area contributed by atoms with Crippen molar-refractivity contribution in [2.75, 3.05) is 10.6 Å². The molecule has 4 aromatic rings. The van der Waals surface area contributed by atoms with E-state index < -0.39 is 0 Å². The van der Waals surface area contributed by atoms with E-state index >= 15 is 0 Å². The van der Waals surface area contributed by atoms with E-state index in [1.165, 1.54) is 12.5 Å². The minimum Gasteiger partial charge on any atom is -0.340 e. The smallest absolute Gasteiger partial charge is 0.221 e. The van der Waals surface area contributed by atoms with Crippen LogP contribution in [0.5, 0.6) is 0 Å². The second-order valence-corrected chi connectivity index (χ2v) is 7.68. The minimum absolute atomic E-state index is 0.0789. The average molecular weight is 397 g/mol. The van der Waals surface area contributed by atoms with Crippen molar-refractivity contribution in [3.63, 3.8) is 0 Å². The van der Waals surface area contributed by atoms with Gasteiger partial charge >= 0.3 is 0 Å². The summed E-state index contributed by atoms with van der Waals surface area (Å²) >= 11 is 0. The maximum atomic E-state index is 11.3. The van der Waals surface area contributed by atoms with Crippen molar-refractivity contribution in [3.05, 3.63) is 71.5 Å². The molecular formula is C24H23N5O. The number of carbonyl (C=O) groups excluding carboxylic acids is 1. The number of amides is 1. The Morgan fingerprint density at radius 1 is 1.00 bits per heavy atom. The Balaban J connectivity index is 1.62. The van der Waals surface area contributed by atoms with E-state index in [9.17, 15) is 4.79 Å². The number of fused-ring (bicyclic) bond motifs is 2. The molecule has 2 N–H and O–H groups in total. The van der Waals surface area contributed by atoms with Gasteiger partial charge in [0, 0.05) is 35.1 Å². The normalized spacial score (nSPS) is 12.7. The van der Waals surface area contributed by atoms with Crippen LogP contribution in [0.1, 0.15) is 30.3 Å². The number of nitrogens with one attached hydrogen (secondary N) is 2. The fraction of sp³-hybridized carbons (Fsp3) is 0.208. The molecule has 0 saturated heterocycles. The number of anilines is 3. The summed E-state index contributed by atoms with van der Waals surface area (Å²) in [5.41, 5.74) is 8.15. The molecule has 0 atom stereocenters. The molecule has 1 amide bonds. The van der Waals surface area contributed by atoms with E-state index in [-0.39, 0.29) is 5.91 Å². The zero-order valence-electron chi connectivity index (χ0n) is 17.1. The second kappa shape index (κ2) is 7.30. The van der Waals surface area contributed by atoms with Crippen LogP contribution in [0.4, 0.5) is 17.2 Å². The summed E-state index contributed by atoms with van der Waals surface area (Å²) < 4.78 is 1.95. The number of aromatic nitrogens is 3. The highest BCUT2D eigenvalue weighted by Gasteiger charge is 2.24. The van der Waals surface area contributed by atoms with Gasteiger partial charge in [0.1, 0.15) is 5.82 Å². The van der Waals surface area contributed by atoms with Crippen LogP contribution in [0.25, 0.3) is 16.8 Å². The number of benzene rings is 2. The number of nitrogens with zero attached hydrogens (tertiary/aromatic N) is 3. The largest absolute Gasteiger partial charge is 0.340 e. The predicted molar refractivity (Wildman–Crippen MR) is 119 cm³/mol. The first-order valence-electron chi connectivity index (χ1n) is 10.2. The van der Waals surface area contributed by atoms with Gasteiger partial charge in [-0.25, -0.2) is 4.98 Å². The Hall–Kier alpha value is -3.67. The Bertz CT molecular complexity index is 1240. The molecule has 6 heteroatoms. The summed E-state index contributed by atoms with van der Waals surface area (Å²) in [6.07, 6.45) is 3.08. The number of carbonyl (C=O) groups is 1. The minimum atomic E-state index is -0.0789. The zero-order chi connectivity index (χ0) is 20.7. The van der Waals surface area contributed by atoms with E-state index in [1.807, 2.05) is 53.9 Å². The average Bonchev–Trinajstić information content (AvgIpc) is 3.33. The van der Waals surface area contributed by atoms with E-state index in [1.54, 1.807) is 0 Å². The summed E-state index contributed by atoms with van der Waals surface area (Å²) in [6.45, 7) is 3.54. The number of aryl methyl sites for hydroxylation is 2. The summed E-state index contributed by atoms with van der Waals surface area (Å²) in [6, 6.07) is 18.0. The van der Waals surface area contributed by atoms with E-state index in [0.29, 0.717) is 0 Å². The van der Waals surface area contributed by atoms with Gasteiger partial charge in [0.15, 0.2) is 5.65 Å². The predicted octanol–water partition coefficient (Wildman–Crippen LogP) is 4.90. The molecule has 0 unspecified atom stereocenters. The molecule has 1 aliphatic carbocycles. The van der Waals surface area contributed by atoms with Crippen LogP contribution < -0.4 is 10.6 Å². The van der Waals surface area contributed by atoms with Crippen molar-refractivity contribution >= 4 is 28.7 Å². The Labute approximate surface area is 175 Å². The van der Waals surface area contributed by atoms with Crippen LogP contribution in [-0.2, 0) is 17.6 Å². The van der Waals surface area contributed by atoms with Crippen LogP contribution in [0, 0.1) is 6.92 Å². The van der Waals surface area contributed by atoms with Crippen LogP contribution in [0.15, 0.2) is 54.6 Å². The lowest BCUT2D eigenvalue weighted by Gasteiger charge is -2.14. The van der Waals surface area contributed by atoms with Gasteiger partial charge in [-0.15, -0.1) is 0 Å². The molecular weight excluding hydrogens is 374 g/mol. The van der Waals surface area contributed by atoms with E-state index in [4.69, 9.17) is 10.1 Å². The fourth-order valence-corrected chi connectivity index (χ4v) is 4.18.